The molecule has 1 aromatic carbocycles. The average molecular weight is 253 g/mol. The Kier molecular flexibility index (Phi) is 3.58. The van der Waals surface area contributed by atoms with E-state index in [-0.39, 0.29) is 18.0 Å². The molecular formula is C15H11NO3. The first-order valence-corrected chi connectivity index (χ1v) is 5.72. The first-order chi connectivity index (χ1) is 9.11. The molecule has 0 fully saturated rings. The van der Waals surface area contributed by atoms with Gasteiger partial charge in [-0.25, -0.2) is 0 Å². The number of ketones is 2. The third-order valence-corrected chi connectivity index (χ3v) is 2.82. The van der Waals surface area contributed by atoms with Gasteiger partial charge in [-0.05, 0) is 25.1 Å². The van der Waals surface area contributed by atoms with Crippen molar-refractivity contribution in [2.45, 2.75) is 13.3 Å². The van der Waals surface area contributed by atoms with E-state index in [9.17, 15) is 9.59 Å². The van der Waals surface area contributed by atoms with Crippen LogP contribution in [-0.4, -0.2) is 11.6 Å². The molecule has 0 N–H and O–H groups in total. The van der Waals surface area contributed by atoms with Crippen molar-refractivity contribution in [1.82, 2.24) is 0 Å². The maximum Gasteiger partial charge on any atom is 0.174 e. The fraction of sp³-hybridized carbons (Fsp3) is 0.133. The van der Waals surface area contributed by atoms with Gasteiger partial charge in [0.2, 0.25) is 0 Å². The molecule has 0 amide bonds. The third kappa shape index (κ3) is 2.78. The first kappa shape index (κ1) is 12.8. The van der Waals surface area contributed by atoms with Crippen molar-refractivity contribution in [3.8, 4) is 6.07 Å². The molecule has 0 saturated heterocycles. The molecule has 1 heterocycles. The molecule has 0 saturated carbocycles. The van der Waals surface area contributed by atoms with Crippen molar-refractivity contribution in [2.75, 3.05) is 0 Å². The largest absolute Gasteiger partial charge is 0.469 e. The number of carbonyl (C=O) groups is 2. The number of aryl methyl sites for hydroxylation is 1. The van der Waals surface area contributed by atoms with Gasteiger partial charge in [0.25, 0.3) is 0 Å². The Balaban J connectivity index is 2.11. The average Bonchev–Trinajstić information content (AvgIpc) is 2.85. The van der Waals surface area contributed by atoms with E-state index >= 15 is 0 Å². The van der Waals surface area contributed by atoms with E-state index in [4.69, 9.17) is 9.68 Å². The van der Waals surface area contributed by atoms with Crippen LogP contribution in [0.2, 0.25) is 0 Å². The van der Waals surface area contributed by atoms with Crippen molar-refractivity contribution < 1.29 is 14.0 Å². The summed E-state index contributed by atoms with van der Waals surface area (Å²) in [6.45, 7) is 1.68. The molecule has 0 unspecified atom stereocenters. The van der Waals surface area contributed by atoms with Crippen molar-refractivity contribution >= 4 is 11.6 Å². The zero-order valence-electron chi connectivity index (χ0n) is 10.3. The van der Waals surface area contributed by atoms with E-state index in [1.54, 1.807) is 37.3 Å². The predicted octanol–water partition coefficient (Wildman–Crippen LogP) is 2.92. The molecule has 4 heteroatoms. The lowest BCUT2D eigenvalue weighted by atomic mass is 10.0. The minimum atomic E-state index is -0.268. The third-order valence-electron chi connectivity index (χ3n) is 2.82. The van der Waals surface area contributed by atoms with E-state index in [0.29, 0.717) is 22.5 Å². The number of carbonyl (C=O) groups excluding carboxylic acids is 2. The van der Waals surface area contributed by atoms with Crippen LogP contribution in [0.15, 0.2) is 41.0 Å². The summed E-state index contributed by atoms with van der Waals surface area (Å²) in [6, 6.07) is 9.75. The predicted molar refractivity (Wildman–Crippen MR) is 67.9 cm³/mol. The molecule has 0 aliphatic carbocycles. The first-order valence-electron chi connectivity index (χ1n) is 5.72. The van der Waals surface area contributed by atoms with E-state index in [1.807, 2.05) is 6.07 Å². The van der Waals surface area contributed by atoms with Gasteiger partial charge in [-0.15, -0.1) is 0 Å². The maximum atomic E-state index is 11.9. The topological polar surface area (TPSA) is 71.1 Å². The second-order valence-corrected chi connectivity index (χ2v) is 4.10. The Bertz CT molecular complexity index is 659. The van der Waals surface area contributed by atoms with Crippen LogP contribution in [-0.2, 0) is 0 Å². The standard InChI is InChI=1S/C15H11NO3/c1-10-13(6-7-19-10)15(18)8-14(17)12-4-2-11(9-16)3-5-12/h2-7H,8H2,1H3. The monoisotopic (exact) mass is 253 g/mol. The fourth-order valence-electron chi connectivity index (χ4n) is 1.75. The fourth-order valence-corrected chi connectivity index (χ4v) is 1.75. The molecular weight excluding hydrogens is 242 g/mol. The Morgan fingerprint density at radius 2 is 1.84 bits per heavy atom. The molecule has 0 aliphatic rings. The van der Waals surface area contributed by atoms with Gasteiger partial charge in [-0.2, -0.15) is 5.26 Å². The van der Waals surface area contributed by atoms with Crippen molar-refractivity contribution in [3.63, 3.8) is 0 Å². The molecule has 0 atom stereocenters. The van der Waals surface area contributed by atoms with Crippen LogP contribution in [0.25, 0.3) is 0 Å². The summed E-state index contributed by atoms with van der Waals surface area (Å²) in [6.07, 6.45) is 1.22. The number of furan rings is 1. The highest BCUT2D eigenvalue weighted by Gasteiger charge is 2.16. The summed E-state index contributed by atoms with van der Waals surface area (Å²) in [4.78, 5) is 23.8. The van der Waals surface area contributed by atoms with Crippen LogP contribution in [0.4, 0.5) is 0 Å². The number of hydrogen-bond acceptors (Lipinski definition) is 4. The van der Waals surface area contributed by atoms with Crippen LogP contribution in [0.5, 0.6) is 0 Å². The van der Waals surface area contributed by atoms with Gasteiger partial charge in [0.05, 0.1) is 29.9 Å². The molecule has 0 radical (unpaired) electrons. The molecule has 4 nitrogen and oxygen atoms in total. The summed E-state index contributed by atoms with van der Waals surface area (Å²) in [5.74, 6) is -0.0201. The van der Waals surface area contributed by atoms with E-state index in [1.165, 1.54) is 6.26 Å². The lowest BCUT2D eigenvalue weighted by Crippen LogP contribution is -2.08. The number of rotatable bonds is 4. The van der Waals surface area contributed by atoms with Gasteiger partial charge in [0.1, 0.15) is 5.76 Å². The second kappa shape index (κ2) is 5.32. The maximum absolute atomic E-state index is 11.9. The smallest absolute Gasteiger partial charge is 0.174 e. The highest BCUT2D eigenvalue weighted by atomic mass is 16.3. The molecule has 2 rings (SSSR count). The number of nitriles is 1. The molecule has 1 aromatic heterocycles. The number of benzene rings is 1. The number of nitrogens with zero attached hydrogens (tertiary/aromatic N) is 1. The summed E-state index contributed by atoms with van der Waals surface area (Å²) in [5.41, 5.74) is 1.34. The molecule has 0 spiro atoms. The Labute approximate surface area is 110 Å². The Morgan fingerprint density at radius 3 is 2.37 bits per heavy atom. The lowest BCUT2D eigenvalue weighted by molar-refractivity contribution is 0.0893. The van der Waals surface area contributed by atoms with Crippen LogP contribution < -0.4 is 0 Å². The van der Waals surface area contributed by atoms with E-state index in [2.05, 4.69) is 0 Å². The summed E-state index contributed by atoms with van der Waals surface area (Å²) in [7, 11) is 0. The van der Waals surface area contributed by atoms with Gasteiger partial charge in [0.15, 0.2) is 11.6 Å². The van der Waals surface area contributed by atoms with Crippen LogP contribution in [0, 0.1) is 18.3 Å². The normalized spacial score (nSPS) is 9.89. The molecule has 0 aliphatic heterocycles. The summed E-state index contributed by atoms with van der Waals surface area (Å²) < 4.78 is 5.04. The number of hydrogen-bond donors (Lipinski definition) is 0. The number of Topliss-reactive ketones (excluding diaryl/α,β-unsaturated/α-hetero) is 2. The van der Waals surface area contributed by atoms with Gasteiger partial charge < -0.3 is 4.42 Å². The lowest BCUT2D eigenvalue weighted by Gasteiger charge is -2.00. The molecule has 2 aromatic rings. The highest BCUT2D eigenvalue weighted by Crippen LogP contribution is 2.14. The van der Waals surface area contributed by atoms with Crippen molar-refractivity contribution in [1.29, 1.82) is 5.26 Å². The molecule has 0 bridgehead atoms. The summed E-state index contributed by atoms with van der Waals surface area (Å²) in [5, 5.41) is 8.67. The minimum absolute atomic E-state index is 0.202. The Hall–Kier alpha value is -2.67. The van der Waals surface area contributed by atoms with Crippen LogP contribution in [0.3, 0.4) is 0 Å². The van der Waals surface area contributed by atoms with Crippen molar-refractivity contribution in [2.24, 2.45) is 0 Å². The van der Waals surface area contributed by atoms with Crippen molar-refractivity contribution in [3.05, 3.63) is 59.0 Å². The highest BCUT2D eigenvalue weighted by molar-refractivity contribution is 6.13. The summed E-state index contributed by atoms with van der Waals surface area (Å²) >= 11 is 0. The van der Waals surface area contributed by atoms with Crippen LogP contribution in [0.1, 0.15) is 38.5 Å². The van der Waals surface area contributed by atoms with Gasteiger partial charge in [0, 0.05) is 5.56 Å². The van der Waals surface area contributed by atoms with E-state index in [0.717, 1.165) is 0 Å². The quantitative estimate of drug-likeness (QED) is 0.620. The van der Waals surface area contributed by atoms with Gasteiger partial charge in [-0.1, -0.05) is 12.1 Å². The zero-order valence-corrected chi connectivity index (χ0v) is 10.3. The minimum Gasteiger partial charge on any atom is -0.469 e. The SMILES string of the molecule is Cc1occc1C(=O)CC(=O)c1ccc(C#N)cc1. The second-order valence-electron chi connectivity index (χ2n) is 4.10. The van der Waals surface area contributed by atoms with Gasteiger partial charge in [-0.3, -0.25) is 9.59 Å². The van der Waals surface area contributed by atoms with Gasteiger partial charge >= 0.3 is 0 Å². The van der Waals surface area contributed by atoms with E-state index < -0.39 is 0 Å². The Morgan fingerprint density at radius 1 is 1.16 bits per heavy atom. The van der Waals surface area contributed by atoms with Crippen LogP contribution >= 0.6 is 0 Å². The zero-order chi connectivity index (χ0) is 13.8. The molecule has 19 heavy (non-hydrogen) atoms. The molecule has 94 valence electrons.